The van der Waals surface area contributed by atoms with Crippen molar-refractivity contribution in [1.82, 2.24) is 4.98 Å². The Morgan fingerprint density at radius 3 is 2.47 bits per heavy atom. The average Bonchev–Trinajstić information content (AvgIpc) is 3.14. The molecular formula is C20H16ClF3N4O3S. The molecule has 0 unspecified atom stereocenters. The number of alkyl halides is 3. The zero-order valence-electron chi connectivity index (χ0n) is 16.2. The van der Waals surface area contributed by atoms with Crippen LogP contribution >= 0.6 is 22.9 Å². The third-order valence-corrected chi connectivity index (χ3v) is 4.88. The van der Waals surface area contributed by atoms with E-state index in [0.717, 1.165) is 12.1 Å². The third kappa shape index (κ3) is 7.75. The maximum Gasteiger partial charge on any atom is 0.573 e. The highest BCUT2D eigenvalue weighted by Gasteiger charge is 2.30. The van der Waals surface area contributed by atoms with Crippen molar-refractivity contribution >= 4 is 51.4 Å². The number of aromatic nitrogens is 1. The SMILES string of the molecule is O=C(CCc1csc(NC(=O)Nc2cccc(Cl)c2)n1)Nc1ccc(OC(F)(F)F)cc1. The Morgan fingerprint density at radius 1 is 1.03 bits per heavy atom. The maximum absolute atomic E-state index is 12.2. The van der Waals surface area contributed by atoms with Crippen LogP contribution in [0.3, 0.4) is 0 Å². The lowest BCUT2D eigenvalue weighted by Gasteiger charge is -2.09. The Bertz CT molecular complexity index is 1090. The van der Waals surface area contributed by atoms with Gasteiger partial charge in [-0.3, -0.25) is 10.1 Å². The monoisotopic (exact) mass is 484 g/mol. The van der Waals surface area contributed by atoms with Gasteiger partial charge in [0.05, 0.1) is 5.69 Å². The highest BCUT2D eigenvalue weighted by molar-refractivity contribution is 7.13. The standard InChI is InChI=1S/C20H16ClF3N4O3S/c21-12-2-1-3-14(10-12)26-18(30)28-19-27-15(11-32-19)6-9-17(29)25-13-4-7-16(8-5-13)31-20(22,23)24/h1-5,7-8,10-11H,6,9H2,(H,25,29)(H2,26,27,28,30). The van der Waals surface area contributed by atoms with Gasteiger partial charge in [-0.05, 0) is 48.9 Å². The first kappa shape index (κ1) is 23.4. The molecule has 0 aliphatic carbocycles. The molecule has 0 spiro atoms. The van der Waals surface area contributed by atoms with E-state index in [0.29, 0.717) is 33.6 Å². The Balaban J connectivity index is 1.44. The van der Waals surface area contributed by atoms with Crippen molar-refractivity contribution < 1.29 is 27.5 Å². The number of amides is 3. The molecule has 3 rings (SSSR count). The Hall–Kier alpha value is -3.31. The maximum atomic E-state index is 12.2. The highest BCUT2D eigenvalue weighted by Crippen LogP contribution is 2.24. The largest absolute Gasteiger partial charge is 0.573 e. The van der Waals surface area contributed by atoms with Gasteiger partial charge in [0.1, 0.15) is 5.75 Å². The summed E-state index contributed by atoms with van der Waals surface area (Å²) in [4.78, 5) is 28.4. The van der Waals surface area contributed by atoms with E-state index in [-0.39, 0.29) is 18.1 Å². The van der Waals surface area contributed by atoms with Gasteiger partial charge >= 0.3 is 12.4 Å². The third-order valence-electron chi connectivity index (χ3n) is 3.83. The second-order valence-corrected chi connectivity index (χ2v) is 7.65. The van der Waals surface area contributed by atoms with Gasteiger partial charge in [0.2, 0.25) is 5.91 Å². The first-order valence-corrected chi connectivity index (χ1v) is 10.4. The number of anilines is 3. The summed E-state index contributed by atoms with van der Waals surface area (Å²) < 4.78 is 40.3. The fraction of sp³-hybridized carbons (Fsp3) is 0.150. The molecule has 1 aromatic heterocycles. The second-order valence-electron chi connectivity index (χ2n) is 6.35. The lowest BCUT2D eigenvalue weighted by molar-refractivity contribution is -0.274. The molecule has 0 atom stereocenters. The number of halogens is 4. The minimum atomic E-state index is -4.78. The molecule has 0 radical (unpaired) electrons. The first-order chi connectivity index (χ1) is 15.2. The smallest absolute Gasteiger partial charge is 0.406 e. The minimum absolute atomic E-state index is 0.0959. The Kier molecular flexibility index (Phi) is 7.54. The number of thiazole rings is 1. The lowest BCUT2D eigenvalue weighted by Crippen LogP contribution is -2.19. The van der Waals surface area contributed by atoms with Crippen LogP contribution in [-0.2, 0) is 11.2 Å². The van der Waals surface area contributed by atoms with Crippen LogP contribution in [0.4, 0.5) is 34.5 Å². The van der Waals surface area contributed by atoms with Gasteiger partial charge in [0.15, 0.2) is 5.13 Å². The molecule has 0 saturated carbocycles. The average molecular weight is 485 g/mol. The number of aryl methyl sites for hydroxylation is 1. The van der Waals surface area contributed by atoms with Crippen LogP contribution in [-0.4, -0.2) is 23.3 Å². The van der Waals surface area contributed by atoms with Crippen LogP contribution in [0.1, 0.15) is 12.1 Å². The number of hydrogen-bond acceptors (Lipinski definition) is 5. The van der Waals surface area contributed by atoms with Crippen LogP contribution in [0.2, 0.25) is 5.02 Å². The Morgan fingerprint density at radius 2 is 1.78 bits per heavy atom. The van der Waals surface area contributed by atoms with Crippen LogP contribution in [0, 0.1) is 0 Å². The van der Waals surface area contributed by atoms with Crippen molar-refractivity contribution in [1.29, 1.82) is 0 Å². The zero-order chi connectivity index (χ0) is 23.1. The molecule has 1 heterocycles. The van der Waals surface area contributed by atoms with Crippen molar-refractivity contribution in [2.45, 2.75) is 19.2 Å². The zero-order valence-corrected chi connectivity index (χ0v) is 17.8. The molecule has 0 bridgehead atoms. The number of rotatable bonds is 7. The normalized spacial score (nSPS) is 11.0. The Labute approximate surface area is 189 Å². The lowest BCUT2D eigenvalue weighted by atomic mass is 10.2. The molecule has 3 N–H and O–H groups in total. The molecule has 0 saturated heterocycles. The van der Waals surface area contributed by atoms with E-state index in [9.17, 15) is 22.8 Å². The van der Waals surface area contributed by atoms with E-state index in [1.54, 1.807) is 29.6 Å². The van der Waals surface area contributed by atoms with Gasteiger partial charge < -0.3 is 15.4 Å². The first-order valence-electron chi connectivity index (χ1n) is 9.10. The number of nitrogens with one attached hydrogen (secondary N) is 3. The summed E-state index contributed by atoms with van der Waals surface area (Å²) in [5.74, 6) is -0.715. The number of hydrogen-bond donors (Lipinski definition) is 3. The highest BCUT2D eigenvalue weighted by atomic mass is 35.5. The summed E-state index contributed by atoms with van der Waals surface area (Å²) in [7, 11) is 0. The van der Waals surface area contributed by atoms with Crippen molar-refractivity contribution in [2.24, 2.45) is 0 Å². The van der Waals surface area contributed by atoms with E-state index in [2.05, 4.69) is 25.7 Å². The number of ether oxygens (including phenoxy) is 1. The van der Waals surface area contributed by atoms with Crippen molar-refractivity contribution in [2.75, 3.05) is 16.0 Å². The number of benzene rings is 2. The molecule has 168 valence electrons. The molecule has 7 nitrogen and oxygen atoms in total. The second kappa shape index (κ2) is 10.3. The summed E-state index contributed by atoms with van der Waals surface area (Å²) in [6.07, 6.45) is -4.37. The van der Waals surface area contributed by atoms with E-state index in [1.807, 2.05) is 0 Å². The predicted molar refractivity (Wildman–Crippen MR) is 116 cm³/mol. The summed E-state index contributed by atoms with van der Waals surface area (Å²) in [6.45, 7) is 0. The molecular weight excluding hydrogens is 469 g/mol. The van der Waals surface area contributed by atoms with Gasteiger partial charge in [-0.15, -0.1) is 24.5 Å². The minimum Gasteiger partial charge on any atom is -0.406 e. The molecule has 3 amide bonds. The van der Waals surface area contributed by atoms with Gasteiger partial charge in [0.25, 0.3) is 0 Å². The summed E-state index contributed by atoms with van der Waals surface area (Å²) in [5, 5.41) is 10.4. The van der Waals surface area contributed by atoms with Crippen LogP contribution in [0.15, 0.2) is 53.9 Å². The summed E-state index contributed by atoms with van der Waals surface area (Å²) in [5.41, 5.74) is 1.47. The van der Waals surface area contributed by atoms with E-state index in [4.69, 9.17) is 11.6 Å². The fourth-order valence-electron chi connectivity index (χ4n) is 2.51. The number of urea groups is 1. The molecule has 12 heteroatoms. The molecule has 2 aromatic carbocycles. The molecule has 3 aromatic rings. The van der Waals surface area contributed by atoms with Crippen molar-refractivity contribution in [3.05, 3.63) is 64.6 Å². The summed E-state index contributed by atoms with van der Waals surface area (Å²) in [6, 6.07) is 11.0. The number of nitrogens with zero attached hydrogens (tertiary/aromatic N) is 1. The molecule has 0 aliphatic heterocycles. The van der Waals surface area contributed by atoms with Crippen molar-refractivity contribution in [3.8, 4) is 5.75 Å². The predicted octanol–water partition coefficient (Wildman–Crippen LogP) is 5.91. The number of carbonyl (C=O) groups excluding carboxylic acids is 2. The topological polar surface area (TPSA) is 92.4 Å². The van der Waals surface area contributed by atoms with Gasteiger partial charge in [-0.25, -0.2) is 9.78 Å². The van der Waals surface area contributed by atoms with E-state index < -0.39 is 12.4 Å². The summed E-state index contributed by atoms with van der Waals surface area (Å²) >= 11 is 7.08. The van der Waals surface area contributed by atoms with Gasteiger partial charge in [0, 0.05) is 28.2 Å². The van der Waals surface area contributed by atoms with Crippen LogP contribution < -0.4 is 20.7 Å². The number of carbonyl (C=O) groups is 2. The van der Waals surface area contributed by atoms with E-state index in [1.165, 1.54) is 23.5 Å². The van der Waals surface area contributed by atoms with Crippen LogP contribution in [0.25, 0.3) is 0 Å². The molecule has 0 fully saturated rings. The quantitative estimate of drug-likeness (QED) is 0.388. The van der Waals surface area contributed by atoms with Gasteiger partial charge in [-0.2, -0.15) is 0 Å². The van der Waals surface area contributed by atoms with Crippen LogP contribution in [0.5, 0.6) is 5.75 Å². The fourth-order valence-corrected chi connectivity index (χ4v) is 3.44. The van der Waals surface area contributed by atoms with Crippen molar-refractivity contribution in [3.63, 3.8) is 0 Å². The van der Waals surface area contributed by atoms with E-state index >= 15 is 0 Å². The van der Waals surface area contributed by atoms with Gasteiger partial charge in [-0.1, -0.05) is 17.7 Å². The molecule has 0 aliphatic rings. The molecule has 32 heavy (non-hydrogen) atoms.